The van der Waals surface area contributed by atoms with Gasteiger partial charge in [0.05, 0.1) is 12.2 Å². The smallest absolute Gasteiger partial charge is 0.191 e. The zero-order valence-electron chi connectivity index (χ0n) is 14.8. The van der Waals surface area contributed by atoms with Crippen LogP contribution in [0.2, 0.25) is 5.15 Å². The Morgan fingerprint density at radius 2 is 2.12 bits per heavy atom. The van der Waals surface area contributed by atoms with Crippen molar-refractivity contribution in [3.8, 4) is 0 Å². The van der Waals surface area contributed by atoms with E-state index in [1.165, 1.54) is 0 Å². The van der Waals surface area contributed by atoms with Gasteiger partial charge in [-0.2, -0.15) is 0 Å². The van der Waals surface area contributed by atoms with Crippen LogP contribution in [0, 0.1) is 0 Å². The maximum absolute atomic E-state index is 5.80. The molecule has 0 bridgehead atoms. The van der Waals surface area contributed by atoms with Gasteiger partial charge in [-0.15, -0.1) is 35.3 Å². The summed E-state index contributed by atoms with van der Waals surface area (Å²) in [6, 6.07) is 3.80. The van der Waals surface area contributed by atoms with Gasteiger partial charge in [0.1, 0.15) is 10.2 Å². The molecule has 2 aromatic rings. The van der Waals surface area contributed by atoms with Gasteiger partial charge in [0.15, 0.2) is 5.96 Å². The van der Waals surface area contributed by atoms with Gasteiger partial charge in [-0.05, 0) is 30.9 Å². The highest BCUT2D eigenvalue weighted by molar-refractivity contribution is 14.0. The lowest BCUT2D eigenvalue weighted by molar-refractivity contribution is 0.792. The monoisotopic (exact) mass is 493 g/mol. The number of nitrogens with one attached hydrogen (secondary N) is 2. The highest BCUT2D eigenvalue weighted by Crippen LogP contribution is 2.18. The van der Waals surface area contributed by atoms with E-state index < -0.39 is 0 Å². The van der Waals surface area contributed by atoms with Crippen LogP contribution in [0.5, 0.6) is 0 Å². The number of hydrogen-bond acceptors (Lipinski definition) is 4. The Morgan fingerprint density at radius 3 is 2.72 bits per heavy atom. The third kappa shape index (κ3) is 7.87. The number of halogens is 2. The first-order valence-corrected chi connectivity index (χ1v) is 9.41. The summed E-state index contributed by atoms with van der Waals surface area (Å²) in [6.45, 7) is 8.56. The predicted molar refractivity (Wildman–Crippen MR) is 117 cm³/mol. The van der Waals surface area contributed by atoms with Gasteiger partial charge in [0, 0.05) is 24.7 Å². The lowest BCUT2D eigenvalue weighted by atomic mass is 10.2. The molecule has 25 heavy (non-hydrogen) atoms. The van der Waals surface area contributed by atoms with E-state index >= 15 is 0 Å². The third-order valence-corrected chi connectivity index (χ3v) is 4.45. The SMILES string of the molecule is CCNC(=NCc1nc(C(C)C)cs1)NCCc1ccc(Cl)nc1.I. The summed E-state index contributed by atoms with van der Waals surface area (Å²) in [5.41, 5.74) is 2.28. The summed E-state index contributed by atoms with van der Waals surface area (Å²) in [7, 11) is 0. The maximum atomic E-state index is 5.80. The second-order valence-electron chi connectivity index (χ2n) is 5.68. The molecular formula is C17H25ClIN5S. The lowest BCUT2D eigenvalue weighted by Gasteiger charge is -2.10. The van der Waals surface area contributed by atoms with Gasteiger partial charge in [-0.3, -0.25) is 0 Å². The van der Waals surface area contributed by atoms with Crippen molar-refractivity contribution in [2.45, 2.75) is 39.7 Å². The van der Waals surface area contributed by atoms with Crippen LogP contribution in [-0.2, 0) is 13.0 Å². The fourth-order valence-corrected chi connectivity index (χ4v) is 3.02. The van der Waals surface area contributed by atoms with Gasteiger partial charge < -0.3 is 10.6 Å². The van der Waals surface area contributed by atoms with Gasteiger partial charge >= 0.3 is 0 Å². The van der Waals surface area contributed by atoms with E-state index in [-0.39, 0.29) is 24.0 Å². The molecule has 138 valence electrons. The Labute approximate surface area is 175 Å². The lowest BCUT2D eigenvalue weighted by Crippen LogP contribution is -2.38. The number of guanidine groups is 1. The van der Waals surface area contributed by atoms with Crippen LogP contribution in [0.1, 0.15) is 43.0 Å². The summed E-state index contributed by atoms with van der Waals surface area (Å²) >= 11 is 7.46. The molecule has 8 heteroatoms. The minimum Gasteiger partial charge on any atom is -0.357 e. The number of nitrogens with zero attached hydrogens (tertiary/aromatic N) is 3. The number of pyridine rings is 1. The molecule has 2 N–H and O–H groups in total. The molecule has 0 aromatic carbocycles. The number of hydrogen-bond donors (Lipinski definition) is 2. The Morgan fingerprint density at radius 1 is 1.32 bits per heavy atom. The molecule has 0 aliphatic heterocycles. The summed E-state index contributed by atoms with van der Waals surface area (Å²) in [4.78, 5) is 13.3. The van der Waals surface area contributed by atoms with Gasteiger partial charge in [0.25, 0.3) is 0 Å². The molecule has 0 saturated heterocycles. The first kappa shape index (κ1) is 22.1. The van der Waals surface area contributed by atoms with Crippen LogP contribution in [0.4, 0.5) is 0 Å². The average Bonchev–Trinajstić information content (AvgIpc) is 3.04. The van der Waals surface area contributed by atoms with E-state index in [9.17, 15) is 0 Å². The first-order chi connectivity index (χ1) is 11.6. The molecule has 0 amide bonds. The molecule has 5 nitrogen and oxygen atoms in total. The third-order valence-electron chi connectivity index (χ3n) is 3.37. The van der Waals surface area contributed by atoms with Crippen LogP contribution in [0.25, 0.3) is 0 Å². The highest BCUT2D eigenvalue weighted by atomic mass is 127. The van der Waals surface area contributed by atoms with Crippen molar-refractivity contribution in [3.05, 3.63) is 45.1 Å². The Hall–Kier alpha value is -0.930. The topological polar surface area (TPSA) is 62.2 Å². The van der Waals surface area contributed by atoms with E-state index in [4.69, 9.17) is 11.6 Å². The van der Waals surface area contributed by atoms with E-state index in [1.54, 1.807) is 17.5 Å². The Bertz CT molecular complexity index is 657. The predicted octanol–water partition coefficient (Wildman–Crippen LogP) is 4.23. The molecule has 2 aromatic heterocycles. The maximum Gasteiger partial charge on any atom is 0.191 e. The highest BCUT2D eigenvalue weighted by Gasteiger charge is 2.05. The van der Waals surface area contributed by atoms with Crippen molar-refractivity contribution in [1.29, 1.82) is 0 Å². The van der Waals surface area contributed by atoms with E-state index in [1.807, 2.05) is 12.1 Å². The summed E-state index contributed by atoms with van der Waals surface area (Å²) in [5, 5.41) is 10.3. The molecular weight excluding hydrogens is 469 g/mol. The largest absolute Gasteiger partial charge is 0.357 e. The van der Waals surface area contributed by atoms with Crippen molar-refractivity contribution in [2.24, 2.45) is 4.99 Å². The summed E-state index contributed by atoms with van der Waals surface area (Å²) in [5.74, 6) is 1.26. The van der Waals surface area contributed by atoms with Crippen LogP contribution in [-0.4, -0.2) is 29.0 Å². The van der Waals surface area contributed by atoms with E-state index in [2.05, 4.69) is 51.7 Å². The molecule has 0 spiro atoms. The fourth-order valence-electron chi connectivity index (χ4n) is 2.03. The molecule has 0 fully saturated rings. The number of aromatic nitrogens is 2. The fraction of sp³-hybridized carbons (Fsp3) is 0.471. The van der Waals surface area contributed by atoms with Crippen LogP contribution < -0.4 is 10.6 Å². The van der Waals surface area contributed by atoms with Crippen molar-refractivity contribution < 1.29 is 0 Å². The minimum atomic E-state index is 0. The van der Waals surface area contributed by atoms with Gasteiger partial charge in [0.2, 0.25) is 0 Å². The molecule has 0 saturated carbocycles. The quantitative estimate of drug-likeness (QED) is 0.262. The average molecular weight is 494 g/mol. The molecule has 0 unspecified atom stereocenters. The number of rotatable bonds is 7. The Balaban J connectivity index is 0.00000312. The summed E-state index contributed by atoms with van der Waals surface area (Å²) in [6.07, 6.45) is 2.67. The Kier molecular flexibility index (Phi) is 10.3. The number of thiazole rings is 1. The van der Waals surface area contributed by atoms with Crippen LogP contribution >= 0.6 is 46.9 Å². The molecule has 0 aliphatic rings. The second kappa shape index (κ2) is 11.6. The normalized spacial score (nSPS) is 11.3. The minimum absolute atomic E-state index is 0. The van der Waals surface area contributed by atoms with Crippen molar-refractivity contribution in [1.82, 2.24) is 20.6 Å². The molecule has 2 rings (SSSR count). The molecule has 0 radical (unpaired) electrons. The van der Waals surface area contributed by atoms with Crippen molar-refractivity contribution in [3.63, 3.8) is 0 Å². The van der Waals surface area contributed by atoms with Crippen LogP contribution in [0.3, 0.4) is 0 Å². The van der Waals surface area contributed by atoms with Crippen molar-refractivity contribution in [2.75, 3.05) is 13.1 Å². The van der Waals surface area contributed by atoms with Gasteiger partial charge in [-0.1, -0.05) is 31.5 Å². The molecule has 2 heterocycles. The van der Waals surface area contributed by atoms with Crippen LogP contribution in [0.15, 0.2) is 28.7 Å². The molecule has 0 atom stereocenters. The zero-order chi connectivity index (χ0) is 17.4. The molecule has 0 aliphatic carbocycles. The number of aliphatic imine (C=N–C) groups is 1. The van der Waals surface area contributed by atoms with E-state index in [0.717, 1.165) is 41.7 Å². The van der Waals surface area contributed by atoms with Crippen molar-refractivity contribution >= 4 is 52.9 Å². The second-order valence-corrected chi connectivity index (χ2v) is 7.01. The first-order valence-electron chi connectivity index (χ1n) is 8.15. The van der Waals surface area contributed by atoms with E-state index in [0.29, 0.717) is 17.6 Å². The standard InChI is InChI=1S/C17H24ClN5S.HI/c1-4-19-17(20-8-7-13-5-6-15(18)21-9-13)22-10-16-23-14(11-24-16)12(2)3;/h5-6,9,11-12H,4,7-8,10H2,1-3H3,(H2,19,20,22);1H. The van der Waals surface area contributed by atoms with Gasteiger partial charge in [-0.25, -0.2) is 15.0 Å². The zero-order valence-corrected chi connectivity index (χ0v) is 18.7. The summed E-state index contributed by atoms with van der Waals surface area (Å²) < 4.78 is 0.